The highest BCUT2D eigenvalue weighted by Gasteiger charge is 2.26. The summed E-state index contributed by atoms with van der Waals surface area (Å²) in [6.45, 7) is 3.27. The zero-order chi connectivity index (χ0) is 18.6. The van der Waals surface area contributed by atoms with E-state index in [4.69, 9.17) is 14.2 Å². The van der Waals surface area contributed by atoms with Gasteiger partial charge in [0.15, 0.2) is 5.70 Å². The van der Waals surface area contributed by atoms with Gasteiger partial charge in [-0.1, -0.05) is 24.3 Å². The molecule has 27 heavy (non-hydrogen) atoms. The third-order valence-electron chi connectivity index (χ3n) is 4.53. The molecule has 0 aromatic heterocycles. The van der Waals surface area contributed by atoms with Crippen molar-refractivity contribution in [2.24, 2.45) is 4.99 Å². The van der Waals surface area contributed by atoms with Gasteiger partial charge in [0.1, 0.15) is 5.75 Å². The molecule has 0 saturated carbocycles. The number of ether oxygens (including phenoxy) is 3. The fourth-order valence-corrected chi connectivity index (χ4v) is 3.11. The Morgan fingerprint density at radius 2 is 1.81 bits per heavy atom. The second-order valence-corrected chi connectivity index (χ2v) is 6.23. The number of morpholine rings is 1. The van der Waals surface area contributed by atoms with E-state index in [0.717, 1.165) is 37.6 Å². The maximum absolute atomic E-state index is 12.2. The standard InChI is InChI=1S/C21H20N2O4/c1-25-19-5-3-2-4-17(19)20-22-18(21(24)27-20)14-15-6-8-16(9-7-15)23-10-12-26-13-11-23/h2-9,14H,10-13H2,1H3/b18-14-. The van der Waals surface area contributed by atoms with E-state index < -0.39 is 5.97 Å². The molecule has 2 aliphatic heterocycles. The van der Waals surface area contributed by atoms with Crippen LogP contribution in [0.25, 0.3) is 6.08 Å². The number of nitrogens with zero attached hydrogens (tertiary/aromatic N) is 2. The molecule has 0 spiro atoms. The maximum Gasteiger partial charge on any atom is 0.363 e. The predicted octanol–water partition coefficient (Wildman–Crippen LogP) is 2.88. The van der Waals surface area contributed by atoms with Crippen LogP contribution in [-0.2, 0) is 14.3 Å². The van der Waals surface area contributed by atoms with Crippen LogP contribution in [-0.4, -0.2) is 45.3 Å². The van der Waals surface area contributed by atoms with Crippen LogP contribution in [0.4, 0.5) is 5.69 Å². The average Bonchev–Trinajstić information content (AvgIpc) is 3.09. The van der Waals surface area contributed by atoms with Crippen LogP contribution in [0.3, 0.4) is 0 Å². The van der Waals surface area contributed by atoms with Crippen LogP contribution in [0.1, 0.15) is 11.1 Å². The lowest BCUT2D eigenvalue weighted by atomic mass is 10.1. The van der Waals surface area contributed by atoms with Crippen molar-refractivity contribution < 1.29 is 19.0 Å². The summed E-state index contributed by atoms with van der Waals surface area (Å²) >= 11 is 0. The fraction of sp³-hybridized carbons (Fsp3) is 0.238. The Morgan fingerprint density at radius 3 is 2.56 bits per heavy atom. The van der Waals surface area contributed by atoms with Crippen molar-refractivity contribution in [3.05, 3.63) is 65.4 Å². The second kappa shape index (κ2) is 7.63. The molecule has 0 aliphatic carbocycles. The molecule has 0 amide bonds. The first-order valence-corrected chi connectivity index (χ1v) is 8.83. The first-order valence-electron chi connectivity index (χ1n) is 8.83. The molecule has 4 rings (SSSR count). The summed E-state index contributed by atoms with van der Waals surface area (Å²) in [7, 11) is 1.57. The number of cyclic esters (lactones) is 1. The molecule has 0 radical (unpaired) electrons. The van der Waals surface area contributed by atoms with Crippen LogP contribution in [0.5, 0.6) is 5.75 Å². The van der Waals surface area contributed by atoms with Crippen LogP contribution >= 0.6 is 0 Å². The third-order valence-corrected chi connectivity index (χ3v) is 4.53. The summed E-state index contributed by atoms with van der Waals surface area (Å²) < 4.78 is 16.0. The number of carbonyl (C=O) groups is 1. The number of anilines is 1. The Labute approximate surface area is 157 Å². The van der Waals surface area contributed by atoms with Crippen molar-refractivity contribution in [3.63, 3.8) is 0 Å². The molecular formula is C21H20N2O4. The number of rotatable bonds is 4. The van der Waals surface area contributed by atoms with Crippen molar-refractivity contribution in [1.82, 2.24) is 0 Å². The van der Waals surface area contributed by atoms with Gasteiger partial charge < -0.3 is 19.1 Å². The first-order chi connectivity index (χ1) is 13.2. The van der Waals surface area contributed by atoms with Gasteiger partial charge in [-0.15, -0.1) is 0 Å². The summed E-state index contributed by atoms with van der Waals surface area (Å²) in [5.74, 6) is 0.405. The Bertz CT molecular complexity index is 897. The van der Waals surface area contributed by atoms with Gasteiger partial charge in [0.2, 0.25) is 5.90 Å². The highest BCUT2D eigenvalue weighted by Crippen LogP contribution is 2.25. The molecule has 138 valence electrons. The van der Waals surface area contributed by atoms with Gasteiger partial charge in [0.25, 0.3) is 0 Å². The number of aliphatic imine (C=N–C) groups is 1. The van der Waals surface area contributed by atoms with E-state index in [1.807, 2.05) is 42.5 Å². The quantitative estimate of drug-likeness (QED) is 0.617. The molecule has 6 heteroatoms. The molecule has 0 unspecified atom stereocenters. The van der Waals surface area contributed by atoms with E-state index in [1.54, 1.807) is 19.3 Å². The summed E-state index contributed by atoms with van der Waals surface area (Å²) in [5.41, 5.74) is 2.96. The van der Waals surface area contributed by atoms with Crippen LogP contribution < -0.4 is 9.64 Å². The zero-order valence-electron chi connectivity index (χ0n) is 15.1. The third kappa shape index (κ3) is 3.71. The van der Waals surface area contributed by atoms with E-state index >= 15 is 0 Å². The lowest BCUT2D eigenvalue weighted by Crippen LogP contribution is -2.36. The normalized spacial score (nSPS) is 18.4. The van der Waals surface area contributed by atoms with Gasteiger partial charge in [-0.2, -0.15) is 0 Å². The van der Waals surface area contributed by atoms with Gasteiger partial charge >= 0.3 is 5.97 Å². The second-order valence-electron chi connectivity index (χ2n) is 6.23. The lowest BCUT2D eigenvalue weighted by molar-refractivity contribution is -0.129. The van der Waals surface area contributed by atoms with Crippen LogP contribution in [0, 0.1) is 0 Å². The average molecular weight is 364 g/mol. The maximum atomic E-state index is 12.2. The molecule has 2 aromatic rings. The van der Waals surface area contributed by atoms with Crippen molar-refractivity contribution in [3.8, 4) is 5.75 Å². The Balaban J connectivity index is 1.56. The number of esters is 1. The number of carbonyl (C=O) groups excluding carboxylic acids is 1. The van der Waals surface area contributed by atoms with Gasteiger partial charge in [0.05, 0.1) is 25.9 Å². The van der Waals surface area contributed by atoms with E-state index in [0.29, 0.717) is 11.3 Å². The molecule has 1 fully saturated rings. The van der Waals surface area contributed by atoms with Crippen molar-refractivity contribution in [2.45, 2.75) is 0 Å². The predicted molar refractivity (Wildman–Crippen MR) is 103 cm³/mol. The molecular weight excluding hydrogens is 344 g/mol. The summed E-state index contributed by atoms with van der Waals surface area (Å²) in [4.78, 5) is 18.8. The van der Waals surface area contributed by atoms with Gasteiger partial charge in [-0.25, -0.2) is 9.79 Å². The Morgan fingerprint density at radius 1 is 1.07 bits per heavy atom. The number of benzene rings is 2. The first kappa shape index (κ1) is 17.3. The van der Waals surface area contributed by atoms with Gasteiger partial charge in [0, 0.05) is 18.8 Å². The van der Waals surface area contributed by atoms with E-state index in [2.05, 4.69) is 9.89 Å². The largest absolute Gasteiger partial charge is 0.496 e. The van der Waals surface area contributed by atoms with E-state index in [1.165, 1.54) is 0 Å². The SMILES string of the molecule is COc1ccccc1C1=N/C(=C\c2ccc(N3CCOCC3)cc2)C(=O)O1. The molecule has 0 bridgehead atoms. The molecule has 6 nitrogen and oxygen atoms in total. The fourth-order valence-electron chi connectivity index (χ4n) is 3.11. The smallest absolute Gasteiger partial charge is 0.363 e. The highest BCUT2D eigenvalue weighted by molar-refractivity contribution is 6.13. The number of para-hydroxylation sites is 1. The molecule has 2 aromatic carbocycles. The highest BCUT2D eigenvalue weighted by atomic mass is 16.6. The van der Waals surface area contributed by atoms with Crippen molar-refractivity contribution >= 4 is 23.6 Å². The van der Waals surface area contributed by atoms with Gasteiger partial charge in [-0.3, -0.25) is 0 Å². The summed E-state index contributed by atoms with van der Waals surface area (Å²) in [5, 5.41) is 0. The van der Waals surface area contributed by atoms with Crippen LogP contribution in [0.15, 0.2) is 59.2 Å². The minimum absolute atomic E-state index is 0.258. The number of methoxy groups -OCH3 is 1. The topological polar surface area (TPSA) is 60.4 Å². The Kier molecular flexibility index (Phi) is 4.89. The molecule has 1 saturated heterocycles. The monoisotopic (exact) mass is 364 g/mol. The summed E-state index contributed by atoms with van der Waals surface area (Å²) in [6, 6.07) is 15.4. The molecule has 0 atom stereocenters. The van der Waals surface area contributed by atoms with Gasteiger partial charge in [-0.05, 0) is 35.9 Å². The van der Waals surface area contributed by atoms with Crippen molar-refractivity contribution in [2.75, 3.05) is 38.3 Å². The lowest BCUT2D eigenvalue weighted by Gasteiger charge is -2.28. The number of hydrogen-bond donors (Lipinski definition) is 0. The zero-order valence-corrected chi connectivity index (χ0v) is 15.1. The summed E-state index contributed by atoms with van der Waals surface area (Å²) in [6.07, 6.45) is 1.73. The minimum atomic E-state index is -0.465. The molecule has 2 aliphatic rings. The van der Waals surface area contributed by atoms with E-state index in [-0.39, 0.29) is 11.6 Å². The minimum Gasteiger partial charge on any atom is -0.496 e. The Hall–Kier alpha value is -3.12. The number of hydrogen-bond acceptors (Lipinski definition) is 6. The molecule has 0 N–H and O–H groups in total. The van der Waals surface area contributed by atoms with Crippen molar-refractivity contribution in [1.29, 1.82) is 0 Å². The van der Waals surface area contributed by atoms with Crippen LogP contribution in [0.2, 0.25) is 0 Å². The molecule has 2 heterocycles. The van der Waals surface area contributed by atoms with E-state index in [9.17, 15) is 4.79 Å².